The van der Waals surface area contributed by atoms with E-state index in [1.807, 2.05) is 36.0 Å². The Morgan fingerprint density at radius 3 is 3.05 bits per heavy atom. The van der Waals surface area contributed by atoms with Gasteiger partial charge in [-0.25, -0.2) is 0 Å². The largest absolute Gasteiger partial charge is 0.497 e. The maximum atomic E-state index is 6.25. The van der Waals surface area contributed by atoms with Crippen molar-refractivity contribution in [3.05, 3.63) is 53.1 Å². The van der Waals surface area contributed by atoms with Crippen LogP contribution in [0.15, 0.2) is 47.5 Å². The molecule has 0 aromatic heterocycles. The molecule has 0 amide bonds. The van der Waals surface area contributed by atoms with Gasteiger partial charge in [-0.15, -0.1) is 0 Å². The number of benzene rings is 1. The van der Waals surface area contributed by atoms with Gasteiger partial charge in [0, 0.05) is 21.5 Å². The molecule has 1 aliphatic carbocycles. The average Bonchev–Trinajstić information content (AvgIpc) is 2.53. The maximum absolute atomic E-state index is 6.25. The van der Waals surface area contributed by atoms with Gasteiger partial charge in [0.05, 0.1) is 19.8 Å². The highest BCUT2D eigenvalue weighted by molar-refractivity contribution is 8.00. The summed E-state index contributed by atoms with van der Waals surface area (Å²) in [6.07, 6.45) is 7.65. The molecule has 4 atom stereocenters. The van der Waals surface area contributed by atoms with Crippen molar-refractivity contribution in [1.29, 1.82) is 0 Å². The minimum Gasteiger partial charge on any atom is -0.497 e. The smallest absolute Gasteiger partial charge is 0.119 e. The molecule has 3 rings (SSSR count). The number of allylic oxidation sites excluding steroid dienone is 2. The first kappa shape index (κ1) is 16.0. The summed E-state index contributed by atoms with van der Waals surface area (Å²) >= 11 is 8.20. The maximum Gasteiger partial charge on any atom is 0.119 e. The van der Waals surface area contributed by atoms with Crippen molar-refractivity contribution in [2.45, 2.75) is 36.6 Å². The van der Waals surface area contributed by atoms with Crippen molar-refractivity contribution in [3.63, 3.8) is 0 Å². The number of fused-ring (bicyclic) bond motifs is 1. The Morgan fingerprint density at radius 2 is 2.23 bits per heavy atom. The van der Waals surface area contributed by atoms with Gasteiger partial charge in [-0.2, -0.15) is 11.8 Å². The van der Waals surface area contributed by atoms with E-state index in [0.717, 1.165) is 22.8 Å². The summed E-state index contributed by atoms with van der Waals surface area (Å²) in [6.45, 7) is 2.88. The van der Waals surface area contributed by atoms with Crippen LogP contribution in [0.25, 0.3) is 0 Å². The monoisotopic (exact) mass is 336 g/mol. The van der Waals surface area contributed by atoms with Crippen LogP contribution < -0.4 is 4.74 Å². The summed E-state index contributed by atoms with van der Waals surface area (Å²) < 4.78 is 11.5. The highest BCUT2D eigenvalue weighted by Gasteiger charge is 2.36. The summed E-state index contributed by atoms with van der Waals surface area (Å²) in [5.74, 6) is 1.24. The molecule has 118 valence electrons. The molecule has 0 radical (unpaired) electrons. The van der Waals surface area contributed by atoms with Crippen molar-refractivity contribution < 1.29 is 9.47 Å². The molecule has 1 aromatic carbocycles. The van der Waals surface area contributed by atoms with E-state index in [1.165, 1.54) is 0 Å². The highest BCUT2D eigenvalue weighted by atomic mass is 35.5. The van der Waals surface area contributed by atoms with Crippen molar-refractivity contribution in [2.75, 3.05) is 7.11 Å². The van der Waals surface area contributed by atoms with Gasteiger partial charge in [-0.05, 0) is 30.2 Å². The lowest BCUT2D eigenvalue weighted by molar-refractivity contribution is 0.00709. The molecular weight excluding hydrogens is 316 g/mol. The summed E-state index contributed by atoms with van der Waals surface area (Å²) in [6, 6.07) is 8.06. The summed E-state index contributed by atoms with van der Waals surface area (Å²) in [4.78, 5) is 0. The zero-order valence-electron chi connectivity index (χ0n) is 12.9. The standard InChI is InChI=1S/C18H21ClO2S/c1-12-8-17(16-10-14(19)6-7-18(16)22-12)21-11-13-4-3-5-15(9-13)20-2/h3-7,9-10,12,16-18H,8,11H2,1-2H3/t12-,16+,17+,18+/m1/s1. The fraction of sp³-hybridized carbons (Fsp3) is 0.444. The molecule has 0 bridgehead atoms. The second-order valence-electron chi connectivity index (χ2n) is 5.84. The number of ether oxygens (including phenoxy) is 2. The fourth-order valence-electron chi connectivity index (χ4n) is 3.06. The average molecular weight is 337 g/mol. The zero-order chi connectivity index (χ0) is 15.5. The molecule has 1 aromatic rings. The second-order valence-corrected chi connectivity index (χ2v) is 7.89. The predicted molar refractivity (Wildman–Crippen MR) is 93.6 cm³/mol. The number of thioether (sulfide) groups is 1. The zero-order valence-corrected chi connectivity index (χ0v) is 14.4. The molecule has 0 spiro atoms. The number of hydrogen-bond acceptors (Lipinski definition) is 3. The highest BCUT2D eigenvalue weighted by Crippen LogP contribution is 2.42. The van der Waals surface area contributed by atoms with Crippen LogP contribution in [0.2, 0.25) is 0 Å². The number of halogens is 1. The van der Waals surface area contributed by atoms with Crippen LogP contribution in [0.3, 0.4) is 0 Å². The quantitative estimate of drug-likeness (QED) is 0.788. The van der Waals surface area contributed by atoms with Crippen molar-refractivity contribution in [3.8, 4) is 5.75 Å². The van der Waals surface area contributed by atoms with Gasteiger partial charge in [0.15, 0.2) is 0 Å². The first-order valence-electron chi connectivity index (χ1n) is 7.61. The van der Waals surface area contributed by atoms with Crippen molar-refractivity contribution in [2.24, 2.45) is 5.92 Å². The fourth-order valence-corrected chi connectivity index (χ4v) is 4.72. The molecule has 1 saturated heterocycles. The van der Waals surface area contributed by atoms with E-state index in [0.29, 0.717) is 23.0 Å². The summed E-state index contributed by atoms with van der Waals surface area (Å²) in [5.41, 5.74) is 1.14. The van der Waals surface area contributed by atoms with E-state index in [9.17, 15) is 0 Å². The van der Waals surface area contributed by atoms with Gasteiger partial charge >= 0.3 is 0 Å². The number of hydrogen-bond donors (Lipinski definition) is 0. The lowest BCUT2D eigenvalue weighted by Crippen LogP contribution is -2.38. The third-order valence-electron chi connectivity index (χ3n) is 4.16. The molecule has 22 heavy (non-hydrogen) atoms. The molecule has 1 aliphatic heterocycles. The number of methoxy groups -OCH3 is 1. The van der Waals surface area contributed by atoms with Crippen molar-refractivity contribution in [1.82, 2.24) is 0 Å². The third kappa shape index (κ3) is 3.70. The van der Waals surface area contributed by atoms with Crippen LogP contribution in [-0.2, 0) is 11.3 Å². The molecule has 1 fully saturated rings. The van der Waals surface area contributed by atoms with Gasteiger partial charge in [-0.1, -0.05) is 42.8 Å². The lowest BCUT2D eigenvalue weighted by atomic mass is 9.90. The Labute approximate surface area is 141 Å². The Morgan fingerprint density at radius 1 is 1.36 bits per heavy atom. The SMILES string of the molecule is COc1cccc(CO[C@H]2C[C@@H](C)S[C@H]3C=CC(Cl)=C[C@@H]23)c1. The second kappa shape index (κ2) is 7.12. The molecule has 1 heterocycles. The predicted octanol–water partition coefficient (Wildman–Crippen LogP) is 4.78. The number of rotatable bonds is 4. The topological polar surface area (TPSA) is 18.5 Å². The van der Waals surface area contributed by atoms with Crippen LogP contribution in [0, 0.1) is 5.92 Å². The first-order valence-corrected chi connectivity index (χ1v) is 8.93. The lowest BCUT2D eigenvalue weighted by Gasteiger charge is -2.39. The van der Waals surface area contributed by atoms with Gasteiger partial charge in [0.25, 0.3) is 0 Å². The van der Waals surface area contributed by atoms with Crippen LogP contribution in [0.5, 0.6) is 5.75 Å². The van der Waals surface area contributed by atoms with Crippen LogP contribution >= 0.6 is 23.4 Å². The normalized spacial score (nSPS) is 30.6. The molecule has 2 aliphatic rings. The first-order chi connectivity index (χ1) is 10.7. The van der Waals surface area contributed by atoms with Gasteiger partial charge in [0.2, 0.25) is 0 Å². The van der Waals surface area contributed by atoms with Gasteiger partial charge < -0.3 is 9.47 Å². The molecule has 4 heteroatoms. The van der Waals surface area contributed by atoms with E-state index >= 15 is 0 Å². The Kier molecular flexibility index (Phi) is 5.17. The van der Waals surface area contributed by atoms with E-state index in [1.54, 1.807) is 7.11 Å². The van der Waals surface area contributed by atoms with Crippen LogP contribution in [0.1, 0.15) is 18.9 Å². The Hall–Kier alpha value is -0.900. The van der Waals surface area contributed by atoms with E-state index in [-0.39, 0.29) is 6.10 Å². The van der Waals surface area contributed by atoms with Crippen LogP contribution in [-0.4, -0.2) is 23.7 Å². The summed E-state index contributed by atoms with van der Waals surface area (Å²) in [7, 11) is 1.69. The van der Waals surface area contributed by atoms with Gasteiger partial charge in [-0.3, -0.25) is 0 Å². The molecule has 0 unspecified atom stereocenters. The van der Waals surface area contributed by atoms with E-state index in [2.05, 4.69) is 25.1 Å². The molecule has 2 nitrogen and oxygen atoms in total. The van der Waals surface area contributed by atoms with E-state index in [4.69, 9.17) is 21.1 Å². The van der Waals surface area contributed by atoms with Crippen molar-refractivity contribution >= 4 is 23.4 Å². The molecular formula is C18H21ClO2S. The Balaban J connectivity index is 1.68. The third-order valence-corrected chi connectivity index (χ3v) is 5.85. The summed E-state index contributed by atoms with van der Waals surface area (Å²) in [5, 5.41) is 1.90. The molecule has 0 N–H and O–H groups in total. The van der Waals surface area contributed by atoms with E-state index < -0.39 is 0 Å². The minimum atomic E-state index is 0.214. The van der Waals surface area contributed by atoms with Crippen LogP contribution in [0.4, 0.5) is 0 Å². The molecule has 0 saturated carbocycles. The minimum absolute atomic E-state index is 0.214. The Bertz CT molecular complexity index is 584. The van der Waals surface area contributed by atoms with Gasteiger partial charge in [0.1, 0.15) is 5.75 Å².